The van der Waals surface area contributed by atoms with E-state index < -0.39 is 16.7 Å². The molecule has 0 atom stereocenters. The van der Waals surface area contributed by atoms with Crippen LogP contribution in [0.1, 0.15) is 23.1 Å². The molecule has 1 aromatic carbocycles. The normalized spacial score (nSPS) is 10.4. The van der Waals surface area contributed by atoms with E-state index in [1.54, 1.807) is 13.8 Å². The maximum atomic E-state index is 13.4. The number of esters is 1. The molecular formula is C13H12FN3O4. The van der Waals surface area contributed by atoms with Crippen LogP contribution < -0.4 is 0 Å². The average Bonchev–Trinajstić information content (AvgIpc) is 2.80. The first-order valence-corrected chi connectivity index (χ1v) is 6.11. The fourth-order valence-electron chi connectivity index (χ4n) is 1.90. The number of nitro benzene ring substituents is 1. The zero-order valence-electron chi connectivity index (χ0n) is 11.4. The predicted octanol–water partition coefficient (Wildman–Crippen LogP) is 2.40. The second-order valence-electron chi connectivity index (χ2n) is 4.16. The molecule has 0 N–H and O–H groups in total. The van der Waals surface area contributed by atoms with Gasteiger partial charge in [0.1, 0.15) is 17.8 Å². The number of halogens is 1. The fraction of sp³-hybridized carbons (Fsp3) is 0.231. The molecule has 2 aromatic rings. The summed E-state index contributed by atoms with van der Waals surface area (Å²) in [7, 11) is 0. The predicted molar refractivity (Wildman–Crippen MR) is 70.9 cm³/mol. The summed E-state index contributed by atoms with van der Waals surface area (Å²) in [4.78, 5) is 26.0. The molecule has 0 aliphatic heterocycles. The van der Waals surface area contributed by atoms with Gasteiger partial charge in [-0.15, -0.1) is 0 Å². The van der Waals surface area contributed by atoms with Crippen molar-refractivity contribution in [2.24, 2.45) is 0 Å². The minimum absolute atomic E-state index is 0.000508. The highest BCUT2D eigenvalue weighted by atomic mass is 19.1. The monoisotopic (exact) mass is 293 g/mol. The van der Waals surface area contributed by atoms with Crippen molar-refractivity contribution in [3.63, 3.8) is 0 Å². The van der Waals surface area contributed by atoms with Crippen molar-refractivity contribution in [2.45, 2.75) is 13.8 Å². The number of rotatable bonds is 4. The number of nitrogens with zero attached hydrogens (tertiary/aromatic N) is 3. The lowest BCUT2D eigenvalue weighted by atomic mass is 10.2. The number of carbonyl (C=O) groups excluding carboxylic acids is 1. The number of ether oxygens (including phenoxy) is 1. The molecule has 0 saturated carbocycles. The van der Waals surface area contributed by atoms with E-state index >= 15 is 0 Å². The van der Waals surface area contributed by atoms with Gasteiger partial charge in [-0.05, 0) is 19.9 Å². The van der Waals surface area contributed by atoms with E-state index in [1.807, 2.05) is 0 Å². The van der Waals surface area contributed by atoms with Crippen molar-refractivity contribution in [1.29, 1.82) is 0 Å². The van der Waals surface area contributed by atoms with Crippen molar-refractivity contribution in [2.75, 3.05) is 6.61 Å². The van der Waals surface area contributed by atoms with E-state index in [0.717, 1.165) is 18.2 Å². The van der Waals surface area contributed by atoms with Gasteiger partial charge in [-0.2, -0.15) is 0 Å². The average molecular weight is 293 g/mol. The molecule has 110 valence electrons. The number of hydrogen-bond donors (Lipinski definition) is 0. The van der Waals surface area contributed by atoms with Gasteiger partial charge >= 0.3 is 5.97 Å². The van der Waals surface area contributed by atoms with Gasteiger partial charge in [0.2, 0.25) is 0 Å². The molecule has 8 heteroatoms. The van der Waals surface area contributed by atoms with E-state index in [1.165, 1.54) is 10.9 Å². The number of benzene rings is 1. The number of aromatic nitrogens is 2. The Kier molecular flexibility index (Phi) is 3.97. The quantitative estimate of drug-likeness (QED) is 0.490. The summed E-state index contributed by atoms with van der Waals surface area (Å²) < 4.78 is 19.5. The standard InChI is InChI=1S/C13H12FN3O4/c1-3-21-13(18)12-8(2)16(7-15-12)11-6-9(14)4-5-10(11)17(19)20/h4-7H,3H2,1-2H3. The second kappa shape index (κ2) is 5.70. The van der Waals surface area contributed by atoms with Gasteiger partial charge in [0.15, 0.2) is 5.69 Å². The molecule has 0 amide bonds. The van der Waals surface area contributed by atoms with Gasteiger partial charge < -0.3 is 4.74 Å². The fourth-order valence-corrected chi connectivity index (χ4v) is 1.90. The molecule has 0 unspecified atom stereocenters. The summed E-state index contributed by atoms with van der Waals surface area (Å²) in [5.74, 6) is -1.26. The molecule has 2 rings (SSSR count). The van der Waals surface area contributed by atoms with Gasteiger partial charge in [-0.1, -0.05) is 0 Å². The second-order valence-corrected chi connectivity index (χ2v) is 4.16. The van der Waals surface area contributed by atoms with Crippen molar-refractivity contribution in [3.8, 4) is 5.69 Å². The van der Waals surface area contributed by atoms with Crippen LogP contribution >= 0.6 is 0 Å². The minimum Gasteiger partial charge on any atom is -0.461 e. The maximum Gasteiger partial charge on any atom is 0.358 e. The summed E-state index contributed by atoms with van der Waals surface area (Å²) in [5.41, 5.74) is 0.0883. The molecule has 0 fully saturated rings. The van der Waals surface area contributed by atoms with Crippen LogP contribution in [0.2, 0.25) is 0 Å². The lowest BCUT2D eigenvalue weighted by Gasteiger charge is -2.07. The molecule has 21 heavy (non-hydrogen) atoms. The summed E-state index contributed by atoms with van der Waals surface area (Å²) in [6, 6.07) is 3.08. The number of carbonyl (C=O) groups is 1. The Hall–Kier alpha value is -2.77. The molecule has 0 bridgehead atoms. The van der Waals surface area contributed by atoms with E-state index in [0.29, 0.717) is 5.69 Å². The Labute approximate surface area is 119 Å². The number of imidazole rings is 1. The third-order valence-electron chi connectivity index (χ3n) is 2.87. The summed E-state index contributed by atoms with van der Waals surface area (Å²) >= 11 is 0. The Bertz CT molecular complexity index is 711. The Morgan fingerprint density at radius 3 is 2.86 bits per heavy atom. The third-order valence-corrected chi connectivity index (χ3v) is 2.87. The Balaban J connectivity index is 2.56. The molecule has 1 heterocycles. The topological polar surface area (TPSA) is 87.3 Å². The van der Waals surface area contributed by atoms with Crippen LogP contribution in [-0.4, -0.2) is 27.1 Å². The highest BCUT2D eigenvalue weighted by Gasteiger charge is 2.22. The van der Waals surface area contributed by atoms with Crippen LogP contribution in [0.15, 0.2) is 24.5 Å². The maximum absolute atomic E-state index is 13.4. The third kappa shape index (κ3) is 2.73. The van der Waals surface area contributed by atoms with Gasteiger partial charge in [0, 0.05) is 12.1 Å². The van der Waals surface area contributed by atoms with Gasteiger partial charge in [-0.3, -0.25) is 14.7 Å². The summed E-state index contributed by atoms with van der Waals surface area (Å²) in [6.45, 7) is 3.39. The van der Waals surface area contributed by atoms with Gasteiger partial charge in [-0.25, -0.2) is 14.2 Å². The highest BCUT2D eigenvalue weighted by molar-refractivity contribution is 5.88. The van der Waals surface area contributed by atoms with Crippen LogP contribution in [0.4, 0.5) is 10.1 Å². The van der Waals surface area contributed by atoms with E-state index in [9.17, 15) is 19.3 Å². The number of hydrogen-bond acceptors (Lipinski definition) is 5. The molecule has 0 radical (unpaired) electrons. The lowest BCUT2D eigenvalue weighted by molar-refractivity contribution is -0.384. The first-order valence-electron chi connectivity index (χ1n) is 6.11. The SMILES string of the molecule is CCOC(=O)c1ncn(-c2cc(F)ccc2[N+](=O)[O-])c1C. The largest absolute Gasteiger partial charge is 0.461 e. The zero-order valence-corrected chi connectivity index (χ0v) is 11.4. The van der Waals surface area contributed by atoms with E-state index in [2.05, 4.69) is 4.98 Å². The van der Waals surface area contributed by atoms with Crippen molar-refractivity contribution < 1.29 is 18.8 Å². The molecule has 0 saturated heterocycles. The van der Waals surface area contributed by atoms with Crippen LogP contribution in [-0.2, 0) is 4.74 Å². The molecule has 0 aliphatic rings. The minimum atomic E-state index is -0.632. The molecule has 0 aliphatic carbocycles. The smallest absolute Gasteiger partial charge is 0.358 e. The lowest BCUT2D eigenvalue weighted by Crippen LogP contribution is -2.08. The zero-order chi connectivity index (χ0) is 15.6. The number of nitro groups is 1. The van der Waals surface area contributed by atoms with Crippen molar-refractivity contribution in [3.05, 3.63) is 51.8 Å². The van der Waals surface area contributed by atoms with Crippen molar-refractivity contribution >= 4 is 11.7 Å². The molecular weight excluding hydrogens is 281 g/mol. The first kappa shape index (κ1) is 14.6. The van der Waals surface area contributed by atoms with E-state index in [-0.39, 0.29) is 23.7 Å². The van der Waals surface area contributed by atoms with Crippen LogP contribution in [0.25, 0.3) is 5.69 Å². The molecule has 7 nitrogen and oxygen atoms in total. The van der Waals surface area contributed by atoms with Crippen LogP contribution in [0.3, 0.4) is 0 Å². The highest BCUT2D eigenvalue weighted by Crippen LogP contribution is 2.26. The summed E-state index contributed by atoms with van der Waals surface area (Å²) in [5, 5.41) is 11.0. The van der Waals surface area contributed by atoms with Crippen molar-refractivity contribution in [1.82, 2.24) is 9.55 Å². The molecule has 1 aromatic heterocycles. The van der Waals surface area contributed by atoms with E-state index in [4.69, 9.17) is 4.74 Å². The van der Waals surface area contributed by atoms with Gasteiger partial charge in [0.05, 0.1) is 17.2 Å². The van der Waals surface area contributed by atoms with Crippen LogP contribution in [0, 0.1) is 22.9 Å². The van der Waals surface area contributed by atoms with Crippen LogP contribution in [0.5, 0.6) is 0 Å². The van der Waals surface area contributed by atoms with Gasteiger partial charge in [0.25, 0.3) is 5.69 Å². The summed E-state index contributed by atoms with van der Waals surface area (Å²) in [6.07, 6.45) is 1.23. The molecule has 0 spiro atoms. The Morgan fingerprint density at radius 2 is 2.24 bits per heavy atom. The Morgan fingerprint density at radius 1 is 1.52 bits per heavy atom. The first-order chi connectivity index (χ1) is 9.95.